The molecule has 1 aliphatic rings. The maximum Gasteiger partial charge on any atom is 0.128 e. The molecule has 0 aromatic heterocycles. The van der Waals surface area contributed by atoms with E-state index in [2.05, 4.69) is 34.0 Å². The van der Waals surface area contributed by atoms with Crippen LogP contribution in [0.3, 0.4) is 0 Å². The molecule has 1 aromatic rings. The zero-order chi connectivity index (χ0) is 9.26. The number of phenols is 1. The van der Waals surface area contributed by atoms with Crippen LogP contribution < -0.4 is 5.32 Å². The van der Waals surface area contributed by atoms with Crippen LogP contribution in [0.2, 0.25) is 0 Å². The minimum Gasteiger partial charge on any atom is -0.507 e. The lowest BCUT2D eigenvalue weighted by molar-refractivity contribution is 0.470. The summed E-state index contributed by atoms with van der Waals surface area (Å²) >= 11 is 2.16. The third-order valence-electron chi connectivity index (χ3n) is 2.43. The molecule has 3 heteroatoms. The first-order valence-electron chi connectivity index (χ1n) is 4.49. The number of phenolic OH excluding ortho intramolecular Hbond substituents is 1. The van der Waals surface area contributed by atoms with Crippen molar-refractivity contribution in [1.29, 1.82) is 0 Å². The lowest BCUT2D eigenvalue weighted by Crippen LogP contribution is -2.12. The van der Waals surface area contributed by atoms with Gasteiger partial charge in [-0.3, -0.25) is 0 Å². The second-order valence-electron chi connectivity index (χ2n) is 3.36. The zero-order valence-electron chi connectivity index (χ0n) is 7.26. The van der Waals surface area contributed by atoms with Crippen LogP contribution in [0.25, 0.3) is 0 Å². The molecule has 1 aliphatic heterocycles. The molecule has 1 saturated heterocycles. The summed E-state index contributed by atoms with van der Waals surface area (Å²) in [6.07, 6.45) is 2.46. The van der Waals surface area contributed by atoms with Gasteiger partial charge in [0.2, 0.25) is 0 Å². The summed E-state index contributed by atoms with van der Waals surface area (Å²) < 4.78 is 0.934. The Morgan fingerprint density at radius 2 is 2.31 bits per heavy atom. The SMILES string of the molecule is Oc1ccc(C2CCCN2)cc1I. The highest BCUT2D eigenvalue weighted by Gasteiger charge is 2.16. The third kappa shape index (κ3) is 1.96. The third-order valence-corrected chi connectivity index (χ3v) is 3.30. The number of hydrogen-bond acceptors (Lipinski definition) is 2. The van der Waals surface area contributed by atoms with E-state index in [1.807, 2.05) is 6.07 Å². The fraction of sp³-hybridized carbons (Fsp3) is 0.400. The monoisotopic (exact) mass is 289 g/mol. The second-order valence-corrected chi connectivity index (χ2v) is 4.52. The Morgan fingerprint density at radius 3 is 2.92 bits per heavy atom. The molecular formula is C10H12INO. The normalized spacial score (nSPS) is 22.1. The summed E-state index contributed by atoms with van der Waals surface area (Å²) in [7, 11) is 0. The van der Waals surface area contributed by atoms with Crippen LogP contribution in [0.15, 0.2) is 18.2 Å². The summed E-state index contributed by atoms with van der Waals surface area (Å²) in [6, 6.07) is 6.32. The van der Waals surface area contributed by atoms with Crippen LogP contribution in [0.4, 0.5) is 0 Å². The number of hydrogen-bond donors (Lipinski definition) is 2. The molecule has 13 heavy (non-hydrogen) atoms. The lowest BCUT2D eigenvalue weighted by Gasteiger charge is -2.11. The zero-order valence-corrected chi connectivity index (χ0v) is 9.41. The van der Waals surface area contributed by atoms with E-state index in [9.17, 15) is 5.11 Å². The van der Waals surface area contributed by atoms with Gasteiger partial charge in [-0.15, -0.1) is 0 Å². The molecule has 0 saturated carbocycles. The van der Waals surface area contributed by atoms with Gasteiger partial charge in [-0.2, -0.15) is 0 Å². The lowest BCUT2D eigenvalue weighted by atomic mass is 10.1. The molecule has 0 aliphatic carbocycles. The maximum absolute atomic E-state index is 9.36. The van der Waals surface area contributed by atoms with Crippen LogP contribution >= 0.6 is 22.6 Å². The number of rotatable bonds is 1. The minimum absolute atomic E-state index is 0.377. The van der Waals surface area contributed by atoms with Crippen LogP contribution in [-0.4, -0.2) is 11.7 Å². The molecular weight excluding hydrogens is 277 g/mol. The van der Waals surface area contributed by atoms with Crippen molar-refractivity contribution in [3.63, 3.8) is 0 Å². The highest BCUT2D eigenvalue weighted by molar-refractivity contribution is 14.1. The predicted octanol–water partition coefficient (Wildman–Crippen LogP) is 2.42. The fourth-order valence-corrected chi connectivity index (χ4v) is 2.25. The van der Waals surface area contributed by atoms with Gasteiger partial charge in [-0.05, 0) is 59.7 Å². The number of benzene rings is 1. The Bertz CT molecular complexity index is 308. The Hall–Kier alpha value is -0.290. The second kappa shape index (κ2) is 3.84. The first kappa shape index (κ1) is 9.27. The van der Waals surface area contributed by atoms with Gasteiger partial charge in [-0.1, -0.05) is 6.07 Å². The van der Waals surface area contributed by atoms with E-state index in [-0.39, 0.29) is 0 Å². The Balaban J connectivity index is 2.25. The van der Waals surface area contributed by atoms with E-state index in [4.69, 9.17) is 0 Å². The van der Waals surface area contributed by atoms with Crippen LogP contribution in [-0.2, 0) is 0 Å². The molecule has 70 valence electrons. The van der Waals surface area contributed by atoms with Gasteiger partial charge in [0.25, 0.3) is 0 Å². The van der Waals surface area contributed by atoms with Crippen molar-refractivity contribution in [2.24, 2.45) is 0 Å². The molecule has 1 atom stereocenters. The summed E-state index contributed by atoms with van der Waals surface area (Å²) in [4.78, 5) is 0. The largest absolute Gasteiger partial charge is 0.507 e. The van der Waals surface area contributed by atoms with Gasteiger partial charge < -0.3 is 10.4 Å². The van der Waals surface area contributed by atoms with Crippen molar-refractivity contribution in [3.8, 4) is 5.75 Å². The van der Waals surface area contributed by atoms with Crippen molar-refractivity contribution in [2.45, 2.75) is 18.9 Å². The average Bonchev–Trinajstić information content (AvgIpc) is 2.62. The van der Waals surface area contributed by atoms with Crippen LogP contribution in [0.1, 0.15) is 24.4 Å². The Kier molecular flexibility index (Phi) is 2.74. The van der Waals surface area contributed by atoms with E-state index >= 15 is 0 Å². The maximum atomic E-state index is 9.36. The van der Waals surface area contributed by atoms with Crippen molar-refractivity contribution in [2.75, 3.05) is 6.54 Å². The molecule has 0 radical (unpaired) electrons. The molecule has 1 heterocycles. The number of nitrogens with one attached hydrogen (secondary N) is 1. The van der Waals surface area contributed by atoms with E-state index < -0.39 is 0 Å². The number of halogens is 1. The van der Waals surface area contributed by atoms with Crippen molar-refractivity contribution in [3.05, 3.63) is 27.3 Å². The van der Waals surface area contributed by atoms with Crippen LogP contribution in [0, 0.1) is 3.57 Å². The van der Waals surface area contributed by atoms with Gasteiger partial charge in [0.05, 0.1) is 3.57 Å². The first-order chi connectivity index (χ1) is 6.27. The molecule has 2 N–H and O–H groups in total. The Labute approximate surface area is 91.5 Å². The van der Waals surface area contributed by atoms with E-state index in [1.165, 1.54) is 18.4 Å². The molecule has 0 bridgehead atoms. The molecule has 1 fully saturated rings. The summed E-state index contributed by atoms with van der Waals surface area (Å²) in [5.41, 5.74) is 1.29. The van der Waals surface area contributed by atoms with Crippen LogP contribution in [0.5, 0.6) is 5.75 Å². The first-order valence-corrected chi connectivity index (χ1v) is 5.57. The van der Waals surface area contributed by atoms with Gasteiger partial charge >= 0.3 is 0 Å². The molecule has 2 nitrogen and oxygen atoms in total. The molecule has 0 spiro atoms. The molecule has 1 unspecified atom stereocenters. The molecule has 2 rings (SSSR count). The van der Waals surface area contributed by atoms with Gasteiger partial charge in [0.15, 0.2) is 0 Å². The highest BCUT2D eigenvalue weighted by atomic mass is 127. The summed E-state index contributed by atoms with van der Waals surface area (Å²) in [5.74, 6) is 0.377. The minimum atomic E-state index is 0.377. The van der Waals surface area contributed by atoms with Crippen molar-refractivity contribution >= 4 is 22.6 Å². The van der Waals surface area contributed by atoms with Crippen molar-refractivity contribution < 1.29 is 5.11 Å². The fourth-order valence-electron chi connectivity index (χ4n) is 1.71. The van der Waals surface area contributed by atoms with E-state index in [0.29, 0.717) is 11.8 Å². The van der Waals surface area contributed by atoms with Gasteiger partial charge in [0, 0.05) is 6.04 Å². The number of aromatic hydroxyl groups is 1. The van der Waals surface area contributed by atoms with Crippen molar-refractivity contribution in [1.82, 2.24) is 5.32 Å². The van der Waals surface area contributed by atoms with Gasteiger partial charge in [0.1, 0.15) is 5.75 Å². The smallest absolute Gasteiger partial charge is 0.128 e. The predicted molar refractivity (Wildman–Crippen MR) is 60.8 cm³/mol. The highest BCUT2D eigenvalue weighted by Crippen LogP contribution is 2.27. The topological polar surface area (TPSA) is 32.3 Å². The van der Waals surface area contributed by atoms with E-state index in [1.54, 1.807) is 6.07 Å². The van der Waals surface area contributed by atoms with E-state index in [0.717, 1.165) is 10.1 Å². The molecule has 0 amide bonds. The quantitative estimate of drug-likeness (QED) is 0.778. The summed E-state index contributed by atoms with van der Waals surface area (Å²) in [5, 5.41) is 12.8. The molecule has 1 aromatic carbocycles. The Morgan fingerprint density at radius 1 is 1.46 bits per heavy atom. The van der Waals surface area contributed by atoms with Gasteiger partial charge in [-0.25, -0.2) is 0 Å². The average molecular weight is 289 g/mol. The standard InChI is InChI=1S/C10H12INO/c11-8-6-7(3-4-10(8)13)9-2-1-5-12-9/h3-4,6,9,12-13H,1-2,5H2. The summed E-state index contributed by atoms with van der Waals surface area (Å²) in [6.45, 7) is 1.11.